The van der Waals surface area contributed by atoms with Gasteiger partial charge in [0.15, 0.2) is 4.99 Å². The van der Waals surface area contributed by atoms with E-state index in [1.54, 1.807) is 0 Å². The molecule has 1 fully saturated rings. The SMILES string of the molecule is C[NH+]1CCN(C(=S)C(=O)NCc2ccccc2)CC1. The van der Waals surface area contributed by atoms with Crippen LogP contribution < -0.4 is 10.2 Å². The van der Waals surface area contributed by atoms with Gasteiger partial charge < -0.3 is 15.1 Å². The van der Waals surface area contributed by atoms with Crippen LogP contribution in [-0.2, 0) is 11.3 Å². The van der Waals surface area contributed by atoms with E-state index in [4.69, 9.17) is 12.2 Å². The highest BCUT2D eigenvalue weighted by Crippen LogP contribution is 1.99. The molecule has 2 N–H and O–H groups in total. The summed E-state index contributed by atoms with van der Waals surface area (Å²) in [5.41, 5.74) is 1.08. The second kappa shape index (κ2) is 6.63. The van der Waals surface area contributed by atoms with Gasteiger partial charge in [-0.25, -0.2) is 0 Å². The highest BCUT2D eigenvalue weighted by molar-refractivity contribution is 7.82. The Morgan fingerprint density at radius 2 is 1.95 bits per heavy atom. The third-order valence-corrected chi connectivity index (χ3v) is 3.84. The second-order valence-electron chi connectivity index (χ2n) is 4.92. The van der Waals surface area contributed by atoms with Crippen molar-refractivity contribution in [3.63, 3.8) is 0 Å². The Hall–Kier alpha value is -1.46. The molecule has 19 heavy (non-hydrogen) atoms. The fourth-order valence-corrected chi connectivity index (χ4v) is 2.34. The van der Waals surface area contributed by atoms with Gasteiger partial charge in [0.25, 0.3) is 5.91 Å². The number of carbonyl (C=O) groups excluding carboxylic acids is 1. The molecule has 4 nitrogen and oxygen atoms in total. The zero-order valence-electron chi connectivity index (χ0n) is 11.2. The summed E-state index contributed by atoms with van der Waals surface area (Å²) < 4.78 is 0. The van der Waals surface area contributed by atoms with Crippen LogP contribution in [-0.4, -0.2) is 49.0 Å². The van der Waals surface area contributed by atoms with Crippen molar-refractivity contribution in [2.24, 2.45) is 0 Å². The highest BCUT2D eigenvalue weighted by atomic mass is 32.1. The van der Waals surface area contributed by atoms with Crippen LogP contribution in [0, 0.1) is 0 Å². The Kier molecular flexibility index (Phi) is 4.87. The van der Waals surface area contributed by atoms with Gasteiger partial charge in [0.05, 0.1) is 33.2 Å². The maximum atomic E-state index is 12.0. The van der Waals surface area contributed by atoms with E-state index in [0.29, 0.717) is 11.5 Å². The predicted octanol–water partition coefficient (Wildman–Crippen LogP) is -0.539. The minimum absolute atomic E-state index is 0.140. The van der Waals surface area contributed by atoms with E-state index in [1.165, 1.54) is 4.90 Å². The van der Waals surface area contributed by atoms with Gasteiger partial charge in [-0.15, -0.1) is 0 Å². The van der Waals surface area contributed by atoms with Crippen LogP contribution in [0.5, 0.6) is 0 Å². The van der Waals surface area contributed by atoms with E-state index in [9.17, 15) is 4.79 Å². The van der Waals surface area contributed by atoms with Crippen LogP contribution >= 0.6 is 12.2 Å². The molecule has 0 saturated carbocycles. The maximum absolute atomic E-state index is 12.0. The average molecular weight is 278 g/mol. The Morgan fingerprint density at radius 1 is 1.32 bits per heavy atom. The van der Waals surface area contributed by atoms with E-state index in [-0.39, 0.29) is 5.91 Å². The summed E-state index contributed by atoms with van der Waals surface area (Å²) in [5, 5.41) is 2.88. The summed E-state index contributed by atoms with van der Waals surface area (Å²) in [6, 6.07) is 9.86. The van der Waals surface area contributed by atoms with Crippen molar-refractivity contribution in [2.45, 2.75) is 6.54 Å². The molecule has 0 radical (unpaired) electrons. The van der Waals surface area contributed by atoms with Gasteiger partial charge in [-0.3, -0.25) is 4.79 Å². The number of hydrogen-bond acceptors (Lipinski definition) is 2. The number of thiocarbonyl (C=S) groups is 1. The van der Waals surface area contributed by atoms with Gasteiger partial charge >= 0.3 is 0 Å². The molecule has 1 aromatic rings. The number of nitrogens with one attached hydrogen (secondary N) is 2. The summed E-state index contributed by atoms with van der Waals surface area (Å²) >= 11 is 5.26. The summed E-state index contributed by atoms with van der Waals surface area (Å²) in [7, 11) is 2.16. The molecule has 1 heterocycles. The lowest BCUT2D eigenvalue weighted by molar-refractivity contribution is -0.883. The lowest BCUT2D eigenvalue weighted by Gasteiger charge is -2.31. The van der Waals surface area contributed by atoms with Gasteiger partial charge in [0.1, 0.15) is 0 Å². The lowest BCUT2D eigenvalue weighted by Crippen LogP contribution is -3.12. The lowest BCUT2D eigenvalue weighted by atomic mass is 10.2. The first-order valence-electron chi connectivity index (χ1n) is 6.59. The molecule has 5 heteroatoms. The Balaban J connectivity index is 1.81. The molecule has 2 rings (SSSR count). The molecule has 1 amide bonds. The first-order valence-corrected chi connectivity index (χ1v) is 7.00. The number of benzene rings is 1. The van der Waals surface area contributed by atoms with Crippen LogP contribution in [0.25, 0.3) is 0 Å². The van der Waals surface area contributed by atoms with Crippen molar-refractivity contribution in [1.82, 2.24) is 10.2 Å². The van der Waals surface area contributed by atoms with Crippen molar-refractivity contribution in [1.29, 1.82) is 0 Å². The largest absolute Gasteiger partial charge is 0.347 e. The third kappa shape index (κ3) is 4.01. The topological polar surface area (TPSA) is 36.8 Å². The maximum Gasteiger partial charge on any atom is 0.279 e. The summed E-state index contributed by atoms with van der Waals surface area (Å²) in [6.07, 6.45) is 0. The standard InChI is InChI=1S/C14H19N3OS/c1-16-7-9-17(10-8-16)14(19)13(18)15-11-12-5-3-2-4-6-12/h2-6H,7-11H2,1H3,(H,15,18)/p+1. The van der Waals surface area contributed by atoms with Crippen molar-refractivity contribution >= 4 is 23.1 Å². The van der Waals surface area contributed by atoms with Crippen molar-refractivity contribution < 1.29 is 9.69 Å². The van der Waals surface area contributed by atoms with Crippen LogP contribution in [0.15, 0.2) is 30.3 Å². The van der Waals surface area contributed by atoms with E-state index in [0.717, 1.165) is 31.7 Å². The molecule has 0 aromatic heterocycles. The molecule has 1 saturated heterocycles. The monoisotopic (exact) mass is 278 g/mol. The number of carbonyl (C=O) groups is 1. The molecule has 1 aliphatic rings. The first kappa shape index (κ1) is 14.0. The van der Waals surface area contributed by atoms with E-state index in [2.05, 4.69) is 12.4 Å². The zero-order chi connectivity index (χ0) is 13.7. The van der Waals surface area contributed by atoms with Crippen LogP contribution in [0.1, 0.15) is 5.56 Å². The molecule has 0 bridgehead atoms. The summed E-state index contributed by atoms with van der Waals surface area (Å²) in [4.78, 5) is 15.9. The number of quaternary nitrogens is 1. The van der Waals surface area contributed by atoms with Crippen molar-refractivity contribution in [2.75, 3.05) is 33.2 Å². The average Bonchev–Trinajstić information content (AvgIpc) is 2.46. The fourth-order valence-electron chi connectivity index (χ4n) is 2.09. The molecule has 0 unspecified atom stereocenters. The summed E-state index contributed by atoms with van der Waals surface area (Å²) in [5.74, 6) is -0.140. The molecule has 0 atom stereocenters. The molecular formula is C14H20N3OS+. The van der Waals surface area contributed by atoms with Gasteiger partial charge in [0, 0.05) is 6.54 Å². The van der Waals surface area contributed by atoms with Gasteiger partial charge in [-0.2, -0.15) is 0 Å². The third-order valence-electron chi connectivity index (χ3n) is 3.39. The normalized spacial score (nSPS) is 16.2. The highest BCUT2D eigenvalue weighted by Gasteiger charge is 2.22. The molecule has 102 valence electrons. The molecular weight excluding hydrogens is 258 g/mol. The van der Waals surface area contributed by atoms with Gasteiger partial charge in [-0.05, 0) is 5.56 Å². The van der Waals surface area contributed by atoms with Gasteiger partial charge in [0.2, 0.25) is 0 Å². The number of nitrogens with zero attached hydrogens (tertiary/aromatic N) is 1. The Morgan fingerprint density at radius 3 is 2.58 bits per heavy atom. The second-order valence-corrected chi connectivity index (χ2v) is 5.30. The van der Waals surface area contributed by atoms with Crippen LogP contribution in [0.2, 0.25) is 0 Å². The molecule has 0 aliphatic carbocycles. The van der Waals surface area contributed by atoms with E-state index < -0.39 is 0 Å². The Labute approximate surface area is 119 Å². The molecule has 1 aromatic carbocycles. The number of hydrogen-bond donors (Lipinski definition) is 2. The number of piperazine rings is 1. The van der Waals surface area contributed by atoms with Crippen molar-refractivity contribution in [3.8, 4) is 0 Å². The number of amides is 1. The van der Waals surface area contributed by atoms with E-state index in [1.807, 2.05) is 35.2 Å². The van der Waals surface area contributed by atoms with E-state index >= 15 is 0 Å². The fraction of sp³-hybridized carbons (Fsp3) is 0.429. The minimum atomic E-state index is -0.140. The minimum Gasteiger partial charge on any atom is -0.347 e. The van der Waals surface area contributed by atoms with Crippen molar-refractivity contribution in [3.05, 3.63) is 35.9 Å². The molecule has 0 spiro atoms. The zero-order valence-corrected chi connectivity index (χ0v) is 12.0. The first-order chi connectivity index (χ1) is 9.16. The van der Waals surface area contributed by atoms with Crippen LogP contribution in [0.4, 0.5) is 0 Å². The number of rotatable bonds is 2. The number of likely N-dealkylation sites (N-methyl/N-ethyl adjacent to an activating group) is 1. The molecule has 1 aliphatic heterocycles. The Bertz CT molecular complexity index is 441. The van der Waals surface area contributed by atoms with Gasteiger partial charge in [-0.1, -0.05) is 42.5 Å². The quantitative estimate of drug-likeness (QED) is 0.714. The van der Waals surface area contributed by atoms with Crippen LogP contribution in [0.3, 0.4) is 0 Å². The predicted molar refractivity (Wildman–Crippen MR) is 79.1 cm³/mol. The smallest absolute Gasteiger partial charge is 0.279 e. The summed E-state index contributed by atoms with van der Waals surface area (Å²) in [6.45, 7) is 4.32.